The molecular weight excluding hydrogens is 290 g/mol. The van der Waals surface area contributed by atoms with Crippen molar-refractivity contribution in [3.8, 4) is 17.2 Å². The predicted molar refractivity (Wildman–Crippen MR) is 76.7 cm³/mol. The Balaban J connectivity index is 2.63. The average molecular weight is 301 g/mol. The number of rotatable bonds is 3. The number of hydrogen-bond acceptors (Lipinski definition) is 4. The normalized spacial score (nSPS) is 10.9. The lowest BCUT2D eigenvalue weighted by Gasteiger charge is -2.08. The molecule has 0 aliphatic carbocycles. The van der Waals surface area contributed by atoms with Gasteiger partial charge in [-0.2, -0.15) is 5.26 Å². The van der Waals surface area contributed by atoms with Crippen LogP contribution in [0.1, 0.15) is 15.9 Å². The van der Waals surface area contributed by atoms with Gasteiger partial charge in [0.25, 0.3) is 0 Å². The lowest BCUT2D eigenvalue weighted by atomic mass is 9.99. The summed E-state index contributed by atoms with van der Waals surface area (Å²) < 4.78 is 23.0. The first-order valence-electron chi connectivity index (χ1n) is 5.91. The summed E-state index contributed by atoms with van der Waals surface area (Å²) in [4.78, 5) is 11.3. The molecule has 2 aromatic rings. The highest BCUT2D eigenvalue weighted by molar-refractivity contribution is 7.90. The number of carbonyl (C=O) groups is 1. The first-order chi connectivity index (χ1) is 9.82. The zero-order chi connectivity index (χ0) is 15.6. The van der Waals surface area contributed by atoms with Crippen molar-refractivity contribution in [2.45, 2.75) is 4.90 Å². The lowest BCUT2D eigenvalue weighted by Crippen LogP contribution is -2.04. The van der Waals surface area contributed by atoms with Gasteiger partial charge in [-0.05, 0) is 35.4 Å². The van der Waals surface area contributed by atoms with Crippen LogP contribution in [-0.2, 0) is 9.84 Å². The van der Waals surface area contributed by atoms with E-state index in [9.17, 15) is 18.3 Å². The maximum Gasteiger partial charge on any atom is 0.336 e. The summed E-state index contributed by atoms with van der Waals surface area (Å²) in [5.74, 6) is -1.21. The maximum absolute atomic E-state index is 11.5. The fraction of sp³-hybridized carbons (Fsp3) is 0.0667. The van der Waals surface area contributed by atoms with Crippen LogP contribution in [0.4, 0.5) is 0 Å². The number of nitrogens with zero attached hydrogens (tertiary/aromatic N) is 1. The molecule has 2 rings (SSSR count). The lowest BCUT2D eigenvalue weighted by molar-refractivity contribution is 0.0697. The minimum Gasteiger partial charge on any atom is -0.478 e. The number of carboxylic acid groups (broad SMARTS) is 1. The molecule has 0 radical (unpaired) electrons. The SMILES string of the molecule is CS(=O)(=O)c1ccc(-c2ccc(C#N)cc2)c(C(=O)O)c1. The standard InChI is InChI=1S/C15H11NO4S/c1-21(19,20)12-6-7-13(14(8-12)15(17)18)11-4-2-10(9-16)3-5-11/h2-8H,1H3,(H,17,18). The number of benzene rings is 2. The Hall–Kier alpha value is -2.65. The van der Waals surface area contributed by atoms with Gasteiger partial charge in [0.05, 0.1) is 22.1 Å². The van der Waals surface area contributed by atoms with Crippen LogP contribution in [0.25, 0.3) is 11.1 Å². The Bertz CT molecular complexity index is 846. The van der Waals surface area contributed by atoms with Crippen molar-refractivity contribution in [1.29, 1.82) is 5.26 Å². The molecule has 0 saturated carbocycles. The molecule has 5 nitrogen and oxygen atoms in total. The van der Waals surface area contributed by atoms with Crippen molar-refractivity contribution in [2.75, 3.05) is 6.26 Å². The van der Waals surface area contributed by atoms with Crippen molar-refractivity contribution in [1.82, 2.24) is 0 Å². The largest absolute Gasteiger partial charge is 0.478 e. The highest BCUT2D eigenvalue weighted by Crippen LogP contribution is 2.26. The molecule has 0 spiro atoms. The summed E-state index contributed by atoms with van der Waals surface area (Å²) in [7, 11) is -3.47. The van der Waals surface area contributed by atoms with E-state index in [1.807, 2.05) is 6.07 Å². The number of nitriles is 1. The summed E-state index contributed by atoms with van der Waals surface area (Å²) in [5.41, 5.74) is 1.37. The Labute approximate surface area is 122 Å². The van der Waals surface area contributed by atoms with Gasteiger partial charge in [-0.25, -0.2) is 13.2 Å². The fourth-order valence-corrected chi connectivity index (χ4v) is 2.55. The third-order valence-corrected chi connectivity index (χ3v) is 4.08. The van der Waals surface area contributed by atoms with Crippen molar-refractivity contribution < 1.29 is 18.3 Å². The van der Waals surface area contributed by atoms with Gasteiger partial charge in [0.1, 0.15) is 0 Å². The molecule has 0 atom stereocenters. The fourth-order valence-electron chi connectivity index (χ4n) is 1.91. The van der Waals surface area contributed by atoms with E-state index in [-0.39, 0.29) is 10.5 Å². The van der Waals surface area contributed by atoms with Crippen LogP contribution in [0.3, 0.4) is 0 Å². The molecular formula is C15H11NO4S. The predicted octanol–water partition coefficient (Wildman–Crippen LogP) is 2.33. The summed E-state index contributed by atoms with van der Waals surface area (Å²) in [6, 6.07) is 12.4. The molecule has 0 heterocycles. The minimum atomic E-state index is -3.47. The molecule has 1 N–H and O–H groups in total. The van der Waals surface area contributed by atoms with Gasteiger partial charge in [-0.3, -0.25) is 0 Å². The molecule has 0 fully saturated rings. The summed E-state index contributed by atoms with van der Waals surface area (Å²) in [6.45, 7) is 0. The van der Waals surface area contributed by atoms with E-state index in [1.54, 1.807) is 24.3 Å². The molecule has 2 aromatic carbocycles. The van der Waals surface area contributed by atoms with Crippen LogP contribution >= 0.6 is 0 Å². The van der Waals surface area contributed by atoms with Crippen LogP contribution < -0.4 is 0 Å². The molecule has 6 heteroatoms. The molecule has 106 valence electrons. The monoisotopic (exact) mass is 301 g/mol. The summed E-state index contributed by atoms with van der Waals surface area (Å²) in [6.07, 6.45) is 1.02. The Kier molecular flexibility index (Phi) is 3.78. The zero-order valence-electron chi connectivity index (χ0n) is 11.1. The first-order valence-corrected chi connectivity index (χ1v) is 7.80. The van der Waals surface area contributed by atoms with Crippen LogP contribution in [0.15, 0.2) is 47.4 Å². The summed E-state index contributed by atoms with van der Waals surface area (Å²) >= 11 is 0. The van der Waals surface area contributed by atoms with Gasteiger partial charge in [-0.15, -0.1) is 0 Å². The molecule has 0 aliphatic rings. The minimum absolute atomic E-state index is 0.0442. The molecule has 0 amide bonds. The molecule has 21 heavy (non-hydrogen) atoms. The number of aromatic carboxylic acids is 1. The van der Waals surface area contributed by atoms with Crippen molar-refractivity contribution in [2.24, 2.45) is 0 Å². The van der Waals surface area contributed by atoms with E-state index in [2.05, 4.69) is 0 Å². The van der Waals surface area contributed by atoms with E-state index in [0.29, 0.717) is 16.7 Å². The third kappa shape index (κ3) is 3.09. The topological polar surface area (TPSA) is 95.2 Å². The second-order valence-electron chi connectivity index (χ2n) is 4.47. The van der Waals surface area contributed by atoms with Crippen molar-refractivity contribution >= 4 is 15.8 Å². The molecule has 0 aromatic heterocycles. The molecule has 0 saturated heterocycles. The highest BCUT2D eigenvalue weighted by atomic mass is 32.2. The van der Waals surface area contributed by atoms with Crippen LogP contribution in [0, 0.1) is 11.3 Å². The van der Waals surface area contributed by atoms with E-state index in [0.717, 1.165) is 12.3 Å². The van der Waals surface area contributed by atoms with E-state index in [4.69, 9.17) is 5.26 Å². The second-order valence-corrected chi connectivity index (χ2v) is 6.49. The van der Waals surface area contributed by atoms with Crippen LogP contribution in [0.2, 0.25) is 0 Å². The van der Waals surface area contributed by atoms with Gasteiger partial charge in [0.15, 0.2) is 9.84 Å². The molecule has 0 bridgehead atoms. The smallest absolute Gasteiger partial charge is 0.336 e. The highest BCUT2D eigenvalue weighted by Gasteiger charge is 2.16. The molecule has 0 aliphatic heterocycles. The maximum atomic E-state index is 11.5. The third-order valence-electron chi connectivity index (χ3n) is 2.97. The van der Waals surface area contributed by atoms with Gasteiger partial charge >= 0.3 is 5.97 Å². The Morgan fingerprint density at radius 2 is 1.76 bits per heavy atom. The van der Waals surface area contributed by atoms with E-state index in [1.165, 1.54) is 12.1 Å². The quantitative estimate of drug-likeness (QED) is 0.938. The van der Waals surface area contributed by atoms with Crippen molar-refractivity contribution in [3.05, 3.63) is 53.6 Å². The number of carboxylic acids is 1. The van der Waals surface area contributed by atoms with E-state index >= 15 is 0 Å². The van der Waals surface area contributed by atoms with Gasteiger partial charge in [0, 0.05) is 6.26 Å². The van der Waals surface area contributed by atoms with Crippen LogP contribution in [0.5, 0.6) is 0 Å². The summed E-state index contributed by atoms with van der Waals surface area (Å²) in [5, 5.41) is 18.0. The zero-order valence-corrected chi connectivity index (χ0v) is 11.9. The Morgan fingerprint density at radius 1 is 1.14 bits per heavy atom. The number of sulfone groups is 1. The van der Waals surface area contributed by atoms with Gasteiger partial charge in [0.2, 0.25) is 0 Å². The molecule has 0 unspecified atom stereocenters. The van der Waals surface area contributed by atoms with Crippen molar-refractivity contribution in [3.63, 3.8) is 0 Å². The van der Waals surface area contributed by atoms with E-state index < -0.39 is 15.8 Å². The average Bonchev–Trinajstić information content (AvgIpc) is 2.45. The van der Waals surface area contributed by atoms with Crippen LogP contribution in [-0.4, -0.2) is 25.7 Å². The first kappa shape index (κ1) is 14.8. The Morgan fingerprint density at radius 3 is 2.24 bits per heavy atom. The number of hydrogen-bond donors (Lipinski definition) is 1. The van der Waals surface area contributed by atoms with Gasteiger partial charge < -0.3 is 5.11 Å². The van der Waals surface area contributed by atoms with Gasteiger partial charge in [-0.1, -0.05) is 18.2 Å². The second kappa shape index (κ2) is 5.38.